The van der Waals surface area contributed by atoms with Gasteiger partial charge in [0, 0.05) is 5.56 Å². The molecule has 1 aromatic carbocycles. The highest BCUT2D eigenvalue weighted by Gasteiger charge is 2.45. The zero-order valence-corrected chi connectivity index (χ0v) is 7.79. The topological polar surface area (TPSA) is 17.1 Å². The molecular formula is C9H3F7O. The molecule has 0 saturated heterocycles. The summed E-state index contributed by atoms with van der Waals surface area (Å²) >= 11 is 0. The number of carbonyl (C=O) groups is 1. The van der Waals surface area contributed by atoms with Crippen LogP contribution in [-0.4, -0.2) is 6.29 Å². The van der Waals surface area contributed by atoms with Crippen LogP contribution in [0.15, 0.2) is 12.1 Å². The molecule has 17 heavy (non-hydrogen) atoms. The van der Waals surface area contributed by atoms with E-state index in [1.807, 2.05) is 0 Å². The van der Waals surface area contributed by atoms with Crippen LogP contribution in [0.4, 0.5) is 30.7 Å². The summed E-state index contributed by atoms with van der Waals surface area (Å²) in [5.41, 5.74) is -5.45. The number of hydrogen-bond acceptors (Lipinski definition) is 1. The van der Waals surface area contributed by atoms with Gasteiger partial charge in [0.25, 0.3) is 0 Å². The van der Waals surface area contributed by atoms with E-state index < -0.39 is 34.9 Å². The molecule has 0 spiro atoms. The van der Waals surface area contributed by atoms with Crippen molar-refractivity contribution < 1.29 is 35.5 Å². The van der Waals surface area contributed by atoms with Crippen LogP contribution in [0.2, 0.25) is 0 Å². The molecule has 0 aliphatic rings. The molecule has 0 amide bonds. The Labute approximate surface area is 89.8 Å². The van der Waals surface area contributed by atoms with Gasteiger partial charge in [0.05, 0.1) is 5.56 Å². The molecule has 0 aromatic heterocycles. The number of carbonyl (C=O) groups excluding carboxylic acids is 1. The Balaban J connectivity index is 3.63. The number of rotatable bonds is 1. The van der Waals surface area contributed by atoms with Crippen molar-refractivity contribution in [3.63, 3.8) is 0 Å². The van der Waals surface area contributed by atoms with Gasteiger partial charge < -0.3 is 0 Å². The maximum atomic E-state index is 12.9. The van der Waals surface area contributed by atoms with Gasteiger partial charge >= 0.3 is 12.4 Å². The minimum Gasteiger partial charge on any atom is -0.298 e. The van der Waals surface area contributed by atoms with Crippen LogP contribution in [0, 0.1) is 5.82 Å². The molecular weight excluding hydrogens is 257 g/mol. The van der Waals surface area contributed by atoms with Gasteiger partial charge in [-0.2, -0.15) is 26.3 Å². The van der Waals surface area contributed by atoms with Crippen molar-refractivity contribution in [2.45, 2.75) is 12.4 Å². The maximum Gasteiger partial charge on any atom is 0.419 e. The Morgan fingerprint density at radius 3 is 1.82 bits per heavy atom. The highest BCUT2D eigenvalue weighted by atomic mass is 19.4. The summed E-state index contributed by atoms with van der Waals surface area (Å²) in [7, 11) is 0. The van der Waals surface area contributed by atoms with E-state index in [2.05, 4.69) is 0 Å². The summed E-state index contributed by atoms with van der Waals surface area (Å²) in [5, 5.41) is 0. The molecule has 0 atom stereocenters. The van der Waals surface area contributed by atoms with Crippen molar-refractivity contribution >= 4 is 6.29 Å². The molecule has 1 nitrogen and oxygen atoms in total. The van der Waals surface area contributed by atoms with Gasteiger partial charge in [-0.15, -0.1) is 0 Å². The molecule has 0 aliphatic carbocycles. The predicted octanol–water partition coefficient (Wildman–Crippen LogP) is 3.68. The lowest BCUT2D eigenvalue weighted by Gasteiger charge is -2.16. The zero-order valence-electron chi connectivity index (χ0n) is 7.79. The molecule has 0 bridgehead atoms. The van der Waals surface area contributed by atoms with Crippen molar-refractivity contribution in [2.75, 3.05) is 0 Å². The van der Waals surface area contributed by atoms with Crippen LogP contribution in [0.3, 0.4) is 0 Å². The van der Waals surface area contributed by atoms with Crippen LogP contribution in [-0.2, 0) is 12.4 Å². The predicted molar refractivity (Wildman–Crippen MR) is 41.8 cm³/mol. The van der Waals surface area contributed by atoms with E-state index >= 15 is 0 Å². The van der Waals surface area contributed by atoms with Crippen LogP contribution < -0.4 is 0 Å². The molecule has 0 N–H and O–H groups in total. The van der Waals surface area contributed by atoms with Gasteiger partial charge in [-0.25, -0.2) is 4.39 Å². The van der Waals surface area contributed by atoms with Crippen molar-refractivity contribution in [1.82, 2.24) is 0 Å². The SMILES string of the molecule is O=Cc1cc(F)c(C(F)(F)F)c(C(F)(F)F)c1. The van der Waals surface area contributed by atoms with Gasteiger partial charge in [0.2, 0.25) is 0 Å². The molecule has 8 heteroatoms. The molecule has 0 heterocycles. The van der Waals surface area contributed by atoms with Gasteiger partial charge in [-0.1, -0.05) is 0 Å². The van der Waals surface area contributed by atoms with E-state index in [1.54, 1.807) is 0 Å². The minimum absolute atomic E-state index is 0.0428. The Kier molecular flexibility index (Phi) is 3.17. The molecule has 1 aromatic rings. The van der Waals surface area contributed by atoms with E-state index in [1.165, 1.54) is 0 Å². The third-order valence-corrected chi connectivity index (χ3v) is 1.84. The van der Waals surface area contributed by atoms with E-state index in [-0.39, 0.29) is 18.4 Å². The van der Waals surface area contributed by atoms with E-state index in [0.717, 1.165) is 0 Å². The maximum absolute atomic E-state index is 12.9. The average molecular weight is 260 g/mol. The summed E-state index contributed by atoms with van der Waals surface area (Å²) in [5.74, 6) is -2.13. The van der Waals surface area contributed by atoms with Crippen LogP contribution in [0.5, 0.6) is 0 Å². The number of benzene rings is 1. The summed E-state index contributed by atoms with van der Waals surface area (Å²) in [6.45, 7) is 0. The highest BCUT2D eigenvalue weighted by Crippen LogP contribution is 2.41. The largest absolute Gasteiger partial charge is 0.419 e. The van der Waals surface area contributed by atoms with Gasteiger partial charge in [-0.3, -0.25) is 4.79 Å². The monoisotopic (exact) mass is 260 g/mol. The Bertz CT molecular complexity index is 444. The lowest BCUT2D eigenvalue weighted by Crippen LogP contribution is -2.19. The van der Waals surface area contributed by atoms with Crippen molar-refractivity contribution in [1.29, 1.82) is 0 Å². The summed E-state index contributed by atoms with van der Waals surface area (Å²) in [6, 6.07) is 0.0595. The normalized spacial score (nSPS) is 12.6. The first kappa shape index (κ1) is 13.5. The quantitative estimate of drug-likeness (QED) is 0.556. The second-order valence-electron chi connectivity index (χ2n) is 3.04. The summed E-state index contributed by atoms with van der Waals surface area (Å²) in [6.07, 6.45) is -11.1. The first-order valence-corrected chi connectivity index (χ1v) is 4.00. The smallest absolute Gasteiger partial charge is 0.298 e. The molecule has 0 saturated carbocycles. The van der Waals surface area contributed by atoms with Crippen molar-refractivity contribution in [3.8, 4) is 0 Å². The third kappa shape index (κ3) is 2.75. The fourth-order valence-electron chi connectivity index (χ4n) is 1.21. The average Bonchev–Trinajstić information content (AvgIpc) is 2.12. The van der Waals surface area contributed by atoms with Gasteiger partial charge in [0.1, 0.15) is 17.7 Å². The van der Waals surface area contributed by atoms with Gasteiger partial charge in [-0.05, 0) is 12.1 Å². The zero-order chi connectivity index (χ0) is 13.4. The fraction of sp³-hybridized carbons (Fsp3) is 0.222. The third-order valence-electron chi connectivity index (χ3n) is 1.84. The van der Waals surface area contributed by atoms with Crippen molar-refractivity contribution in [3.05, 3.63) is 34.6 Å². The first-order valence-electron chi connectivity index (χ1n) is 4.00. The van der Waals surface area contributed by atoms with Crippen LogP contribution >= 0.6 is 0 Å². The second-order valence-corrected chi connectivity index (χ2v) is 3.04. The van der Waals surface area contributed by atoms with Crippen LogP contribution in [0.1, 0.15) is 21.5 Å². The molecule has 0 aliphatic heterocycles. The number of aldehydes is 1. The standard InChI is InChI=1S/C9H3F7O/c10-6-2-4(3-17)1-5(8(11,12)13)7(6)9(14,15)16/h1-3H. The number of halogens is 7. The fourth-order valence-corrected chi connectivity index (χ4v) is 1.21. The first-order chi connectivity index (χ1) is 7.57. The van der Waals surface area contributed by atoms with E-state index in [0.29, 0.717) is 0 Å². The minimum atomic E-state index is -5.49. The Morgan fingerprint density at radius 2 is 1.47 bits per heavy atom. The van der Waals surface area contributed by atoms with E-state index in [4.69, 9.17) is 0 Å². The highest BCUT2D eigenvalue weighted by molar-refractivity contribution is 5.75. The second kappa shape index (κ2) is 4.01. The Hall–Kier alpha value is -1.60. The summed E-state index contributed by atoms with van der Waals surface area (Å²) < 4.78 is 86.6. The summed E-state index contributed by atoms with van der Waals surface area (Å²) in [4.78, 5) is 10.2. The number of hydrogen-bond donors (Lipinski definition) is 0. The van der Waals surface area contributed by atoms with E-state index in [9.17, 15) is 35.5 Å². The molecule has 94 valence electrons. The lowest BCUT2D eigenvalue weighted by atomic mass is 10.0. The van der Waals surface area contributed by atoms with Crippen LogP contribution in [0.25, 0.3) is 0 Å². The Morgan fingerprint density at radius 1 is 0.941 bits per heavy atom. The van der Waals surface area contributed by atoms with Crippen molar-refractivity contribution in [2.24, 2.45) is 0 Å². The molecule has 0 fully saturated rings. The molecule has 1 rings (SSSR count). The molecule has 0 radical (unpaired) electrons. The number of alkyl halides is 6. The molecule has 0 unspecified atom stereocenters. The lowest BCUT2D eigenvalue weighted by molar-refractivity contribution is -0.163. The van der Waals surface area contributed by atoms with Gasteiger partial charge in [0.15, 0.2) is 0 Å².